The highest BCUT2D eigenvalue weighted by Gasteiger charge is 2.17. The van der Waals surface area contributed by atoms with Crippen LogP contribution in [-0.4, -0.2) is 54.9 Å². The van der Waals surface area contributed by atoms with E-state index in [1.54, 1.807) is 0 Å². The molecule has 7 heteroatoms. The second-order valence-corrected chi connectivity index (χ2v) is 7.80. The molecule has 0 radical (unpaired) electrons. The minimum atomic E-state index is -3.18. The molecule has 1 atom stereocenters. The van der Waals surface area contributed by atoms with E-state index in [-0.39, 0.29) is 12.4 Å². The van der Waals surface area contributed by atoms with Crippen LogP contribution in [0.1, 0.15) is 6.42 Å². The molecule has 90 valence electrons. The largest absolute Gasteiger partial charge is 0.396 e. The first-order valence-corrected chi connectivity index (χ1v) is 8.77. The van der Waals surface area contributed by atoms with Crippen molar-refractivity contribution < 1.29 is 13.5 Å². The summed E-state index contributed by atoms with van der Waals surface area (Å²) in [5.74, 6) is 3.31. The number of nitrogens with one attached hydrogen (secondary N) is 1. The monoisotopic (exact) mass is 271 g/mol. The Bertz CT molecular complexity index is 262. The lowest BCUT2D eigenvalue weighted by atomic mass is 10.5. The Morgan fingerprint density at radius 1 is 1.40 bits per heavy atom. The number of thioether (sulfide) groups is 2. The molecule has 0 aromatic carbocycles. The molecular formula is C8H17NO3S3. The summed E-state index contributed by atoms with van der Waals surface area (Å²) in [7, 11) is -3.18. The van der Waals surface area contributed by atoms with Crippen molar-refractivity contribution in [1.29, 1.82) is 0 Å². The second kappa shape index (κ2) is 7.01. The summed E-state index contributed by atoms with van der Waals surface area (Å²) < 4.78 is 25.4. The normalized spacial score (nSPS) is 22.9. The van der Waals surface area contributed by atoms with Gasteiger partial charge in [0.15, 0.2) is 0 Å². The number of aliphatic hydroxyl groups is 1. The fourth-order valence-electron chi connectivity index (χ4n) is 1.20. The van der Waals surface area contributed by atoms with Gasteiger partial charge in [-0.15, -0.1) is 0 Å². The maximum absolute atomic E-state index is 11.4. The van der Waals surface area contributed by atoms with Gasteiger partial charge in [-0.25, -0.2) is 13.1 Å². The second-order valence-electron chi connectivity index (χ2n) is 3.31. The van der Waals surface area contributed by atoms with Gasteiger partial charge in [0, 0.05) is 35.7 Å². The first kappa shape index (κ1) is 13.6. The highest BCUT2D eigenvalue weighted by Crippen LogP contribution is 2.23. The maximum atomic E-state index is 11.4. The Hall–Kier alpha value is 0.570. The van der Waals surface area contributed by atoms with E-state index in [1.807, 2.05) is 23.5 Å². The van der Waals surface area contributed by atoms with Crippen LogP contribution in [0.2, 0.25) is 0 Å². The van der Waals surface area contributed by atoms with E-state index in [0.29, 0.717) is 18.2 Å². The van der Waals surface area contributed by atoms with Crippen molar-refractivity contribution in [3.05, 3.63) is 0 Å². The fraction of sp³-hybridized carbons (Fsp3) is 1.00. The van der Waals surface area contributed by atoms with Crippen LogP contribution in [0.3, 0.4) is 0 Å². The molecule has 0 bridgehead atoms. The molecule has 15 heavy (non-hydrogen) atoms. The van der Waals surface area contributed by atoms with Gasteiger partial charge in [0.1, 0.15) is 0 Å². The Balaban J connectivity index is 2.22. The summed E-state index contributed by atoms with van der Waals surface area (Å²) in [6.45, 7) is 0.445. The zero-order valence-electron chi connectivity index (χ0n) is 8.52. The quantitative estimate of drug-likeness (QED) is 0.719. The average molecular weight is 271 g/mol. The third-order valence-corrected chi connectivity index (χ3v) is 6.26. The van der Waals surface area contributed by atoms with Gasteiger partial charge < -0.3 is 5.11 Å². The molecule has 0 spiro atoms. The molecule has 0 aromatic heterocycles. The molecule has 0 saturated carbocycles. The highest BCUT2D eigenvalue weighted by atomic mass is 32.2. The zero-order chi connectivity index (χ0) is 11.1. The molecule has 1 aliphatic heterocycles. The third kappa shape index (κ3) is 6.01. The molecule has 2 N–H and O–H groups in total. The number of hydrogen-bond acceptors (Lipinski definition) is 5. The Kier molecular flexibility index (Phi) is 6.37. The first-order chi connectivity index (χ1) is 7.14. The molecule has 0 amide bonds. The Morgan fingerprint density at radius 3 is 2.80 bits per heavy atom. The number of aliphatic hydroxyl groups excluding tert-OH is 1. The van der Waals surface area contributed by atoms with Crippen LogP contribution in [0, 0.1) is 0 Å². The summed E-state index contributed by atoms with van der Waals surface area (Å²) >= 11 is 3.71. The lowest BCUT2D eigenvalue weighted by molar-refractivity contribution is 0.295. The van der Waals surface area contributed by atoms with Crippen LogP contribution in [0.15, 0.2) is 0 Å². The molecule has 1 rings (SSSR count). The van der Waals surface area contributed by atoms with Gasteiger partial charge in [0.2, 0.25) is 10.0 Å². The average Bonchev–Trinajstić information content (AvgIpc) is 2.25. The van der Waals surface area contributed by atoms with Crippen molar-refractivity contribution in [2.45, 2.75) is 11.7 Å². The molecule has 4 nitrogen and oxygen atoms in total. The first-order valence-electron chi connectivity index (χ1n) is 4.91. The highest BCUT2D eigenvalue weighted by molar-refractivity contribution is 8.06. The molecule has 1 unspecified atom stereocenters. The van der Waals surface area contributed by atoms with Crippen LogP contribution < -0.4 is 4.72 Å². The van der Waals surface area contributed by atoms with Crippen molar-refractivity contribution in [1.82, 2.24) is 4.72 Å². The van der Waals surface area contributed by atoms with Crippen molar-refractivity contribution in [3.8, 4) is 0 Å². The predicted molar refractivity (Wildman–Crippen MR) is 67.1 cm³/mol. The minimum absolute atomic E-state index is 0.0219. The standard InChI is InChI=1S/C8H17NO3S3/c10-2-1-5-15(11,12)9-6-8-7-13-3-4-14-8/h8-10H,1-7H2. The summed E-state index contributed by atoms with van der Waals surface area (Å²) in [5, 5.41) is 8.94. The molecule has 1 heterocycles. The van der Waals surface area contributed by atoms with Gasteiger partial charge in [-0.3, -0.25) is 0 Å². The Morgan fingerprint density at radius 2 is 2.20 bits per heavy atom. The van der Waals surface area contributed by atoms with E-state index in [2.05, 4.69) is 4.72 Å². The summed E-state index contributed by atoms with van der Waals surface area (Å²) in [6, 6.07) is 0. The third-order valence-electron chi connectivity index (χ3n) is 1.99. The Labute approximate surface area is 99.6 Å². The summed E-state index contributed by atoms with van der Waals surface area (Å²) in [6.07, 6.45) is 0.307. The lowest BCUT2D eigenvalue weighted by Crippen LogP contribution is -2.35. The fourth-order valence-corrected chi connectivity index (χ4v) is 5.03. The van der Waals surface area contributed by atoms with E-state index in [0.717, 1.165) is 11.5 Å². The van der Waals surface area contributed by atoms with Gasteiger partial charge in [-0.1, -0.05) is 0 Å². The maximum Gasteiger partial charge on any atom is 0.211 e. The van der Waals surface area contributed by atoms with Crippen LogP contribution >= 0.6 is 23.5 Å². The molecule has 0 aliphatic carbocycles. The number of rotatable bonds is 6. The topological polar surface area (TPSA) is 66.4 Å². The molecule has 1 aliphatic rings. The van der Waals surface area contributed by atoms with Gasteiger partial charge in [0.05, 0.1) is 5.75 Å². The van der Waals surface area contributed by atoms with Gasteiger partial charge in [0.25, 0.3) is 0 Å². The van der Waals surface area contributed by atoms with E-state index >= 15 is 0 Å². The van der Waals surface area contributed by atoms with Crippen molar-refractivity contribution >= 4 is 33.5 Å². The van der Waals surface area contributed by atoms with Gasteiger partial charge in [-0.2, -0.15) is 23.5 Å². The molecular weight excluding hydrogens is 254 g/mol. The van der Waals surface area contributed by atoms with E-state index in [1.165, 1.54) is 5.75 Å². The van der Waals surface area contributed by atoms with Gasteiger partial charge >= 0.3 is 0 Å². The van der Waals surface area contributed by atoms with E-state index in [9.17, 15) is 8.42 Å². The molecule has 1 fully saturated rings. The van der Waals surface area contributed by atoms with E-state index < -0.39 is 10.0 Å². The number of hydrogen-bond donors (Lipinski definition) is 2. The SMILES string of the molecule is O=S(=O)(CCCO)NCC1CSCCS1. The predicted octanol–water partition coefficient (Wildman–Crippen LogP) is 0.137. The summed E-state index contributed by atoms with van der Waals surface area (Å²) in [4.78, 5) is 0. The van der Waals surface area contributed by atoms with Gasteiger partial charge in [-0.05, 0) is 6.42 Å². The van der Waals surface area contributed by atoms with Crippen LogP contribution in [0.5, 0.6) is 0 Å². The number of sulfonamides is 1. The van der Waals surface area contributed by atoms with Crippen LogP contribution in [-0.2, 0) is 10.0 Å². The molecule has 1 saturated heterocycles. The van der Waals surface area contributed by atoms with Crippen molar-refractivity contribution in [2.75, 3.05) is 36.2 Å². The van der Waals surface area contributed by atoms with Crippen molar-refractivity contribution in [2.24, 2.45) is 0 Å². The van der Waals surface area contributed by atoms with Crippen LogP contribution in [0.4, 0.5) is 0 Å². The van der Waals surface area contributed by atoms with Crippen molar-refractivity contribution in [3.63, 3.8) is 0 Å². The smallest absolute Gasteiger partial charge is 0.211 e. The summed E-state index contributed by atoms with van der Waals surface area (Å²) in [5.41, 5.74) is 0. The lowest BCUT2D eigenvalue weighted by Gasteiger charge is -2.20. The minimum Gasteiger partial charge on any atom is -0.396 e. The zero-order valence-corrected chi connectivity index (χ0v) is 11.0. The van der Waals surface area contributed by atoms with E-state index in [4.69, 9.17) is 5.11 Å². The molecule has 0 aromatic rings. The van der Waals surface area contributed by atoms with Crippen LogP contribution in [0.25, 0.3) is 0 Å².